The van der Waals surface area contributed by atoms with Gasteiger partial charge in [-0.1, -0.05) is 43.6 Å². The van der Waals surface area contributed by atoms with Gasteiger partial charge in [0.15, 0.2) is 0 Å². The Morgan fingerprint density at radius 1 is 1.33 bits per heavy atom. The zero-order valence-electron chi connectivity index (χ0n) is 12.1. The normalized spacial score (nSPS) is 10.7. The molecule has 0 aliphatic rings. The molecule has 0 radical (unpaired) electrons. The summed E-state index contributed by atoms with van der Waals surface area (Å²) in [6, 6.07) is 8.85. The largest absolute Gasteiger partial charge is 0.478 e. The molecular weight excluding hydrogens is 288 g/mol. The highest BCUT2D eigenvalue weighted by molar-refractivity contribution is 6.29. The molecule has 110 valence electrons. The van der Waals surface area contributed by atoms with Gasteiger partial charge in [0.25, 0.3) is 0 Å². The summed E-state index contributed by atoms with van der Waals surface area (Å²) < 4.78 is 0. The van der Waals surface area contributed by atoms with E-state index in [4.69, 9.17) is 16.7 Å². The second-order valence-electron chi connectivity index (χ2n) is 5.19. The van der Waals surface area contributed by atoms with Gasteiger partial charge < -0.3 is 10.4 Å². The van der Waals surface area contributed by atoms with Gasteiger partial charge in [0, 0.05) is 5.69 Å². The zero-order valence-corrected chi connectivity index (χ0v) is 12.9. The summed E-state index contributed by atoms with van der Waals surface area (Å²) in [7, 11) is 0. The van der Waals surface area contributed by atoms with Crippen molar-refractivity contribution in [1.82, 2.24) is 4.98 Å². The molecule has 0 aliphatic carbocycles. The van der Waals surface area contributed by atoms with Crippen LogP contribution in [-0.4, -0.2) is 16.1 Å². The number of aryl methyl sites for hydroxylation is 1. The average molecular weight is 305 g/mol. The Hall–Kier alpha value is -2.07. The summed E-state index contributed by atoms with van der Waals surface area (Å²) in [6.45, 7) is 6.21. The summed E-state index contributed by atoms with van der Waals surface area (Å²) in [4.78, 5) is 15.2. The SMILES string of the molecule is Cc1cccc(C(C)C)c1Nc1cc(C(=O)O)cc(Cl)n1. The van der Waals surface area contributed by atoms with E-state index in [0.29, 0.717) is 11.7 Å². The number of nitrogens with zero attached hydrogens (tertiary/aromatic N) is 1. The van der Waals surface area contributed by atoms with Crippen LogP contribution < -0.4 is 5.32 Å². The van der Waals surface area contributed by atoms with Gasteiger partial charge in [-0.3, -0.25) is 0 Å². The first kappa shape index (κ1) is 15.3. The van der Waals surface area contributed by atoms with Crippen molar-refractivity contribution in [1.29, 1.82) is 0 Å². The zero-order chi connectivity index (χ0) is 15.6. The highest BCUT2D eigenvalue weighted by Gasteiger charge is 2.12. The fourth-order valence-corrected chi connectivity index (χ4v) is 2.36. The number of nitrogens with one attached hydrogen (secondary N) is 1. The van der Waals surface area contributed by atoms with Gasteiger partial charge in [0.1, 0.15) is 11.0 Å². The number of rotatable bonds is 4. The Labute approximate surface area is 128 Å². The van der Waals surface area contributed by atoms with Gasteiger partial charge in [-0.25, -0.2) is 9.78 Å². The van der Waals surface area contributed by atoms with E-state index in [1.54, 1.807) is 0 Å². The number of carboxylic acids is 1. The number of carbonyl (C=O) groups is 1. The van der Waals surface area contributed by atoms with Crippen LogP contribution in [0.5, 0.6) is 0 Å². The Morgan fingerprint density at radius 3 is 2.67 bits per heavy atom. The fourth-order valence-electron chi connectivity index (χ4n) is 2.15. The van der Waals surface area contributed by atoms with Gasteiger partial charge in [-0.15, -0.1) is 0 Å². The topological polar surface area (TPSA) is 62.2 Å². The maximum atomic E-state index is 11.1. The first-order chi connectivity index (χ1) is 9.88. The number of para-hydroxylation sites is 1. The van der Waals surface area contributed by atoms with E-state index in [9.17, 15) is 4.79 Å². The summed E-state index contributed by atoms with van der Waals surface area (Å²) in [5, 5.41) is 12.4. The van der Waals surface area contributed by atoms with Gasteiger partial charge in [0.05, 0.1) is 5.56 Å². The fraction of sp³-hybridized carbons (Fsp3) is 0.250. The van der Waals surface area contributed by atoms with Crippen LogP contribution in [0.2, 0.25) is 5.15 Å². The van der Waals surface area contributed by atoms with Gasteiger partial charge in [0.2, 0.25) is 0 Å². The van der Waals surface area contributed by atoms with Crippen LogP contribution in [0, 0.1) is 6.92 Å². The first-order valence-corrected chi connectivity index (χ1v) is 7.03. The van der Waals surface area contributed by atoms with E-state index in [1.165, 1.54) is 12.1 Å². The molecule has 21 heavy (non-hydrogen) atoms. The number of benzene rings is 1. The molecule has 1 aromatic carbocycles. The summed E-state index contributed by atoms with van der Waals surface area (Å²) in [6.07, 6.45) is 0. The molecule has 5 heteroatoms. The molecule has 2 aromatic rings. The summed E-state index contributed by atoms with van der Waals surface area (Å²) in [5.41, 5.74) is 3.27. The monoisotopic (exact) mass is 304 g/mol. The maximum Gasteiger partial charge on any atom is 0.335 e. The minimum absolute atomic E-state index is 0.109. The molecule has 0 aliphatic heterocycles. The third kappa shape index (κ3) is 3.52. The quantitative estimate of drug-likeness (QED) is 0.810. The molecule has 4 nitrogen and oxygen atoms in total. The molecular formula is C16H17ClN2O2. The molecule has 0 atom stereocenters. The molecule has 1 aromatic heterocycles. The third-order valence-electron chi connectivity index (χ3n) is 3.22. The van der Waals surface area contributed by atoms with Crippen LogP contribution in [0.15, 0.2) is 30.3 Å². The first-order valence-electron chi connectivity index (χ1n) is 6.66. The van der Waals surface area contributed by atoms with E-state index < -0.39 is 5.97 Å². The van der Waals surface area contributed by atoms with Crippen LogP contribution in [-0.2, 0) is 0 Å². The van der Waals surface area contributed by atoms with E-state index in [1.807, 2.05) is 25.1 Å². The van der Waals surface area contributed by atoms with Crippen LogP contribution >= 0.6 is 11.6 Å². The van der Waals surface area contributed by atoms with Crippen LogP contribution in [0.4, 0.5) is 11.5 Å². The van der Waals surface area contributed by atoms with Crippen LogP contribution in [0.1, 0.15) is 41.3 Å². The number of hydrogen-bond acceptors (Lipinski definition) is 3. The van der Waals surface area contributed by atoms with Crippen molar-refractivity contribution >= 4 is 29.1 Å². The number of carboxylic acid groups (broad SMARTS) is 1. The van der Waals surface area contributed by atoms with Crippen molar-refractivity contribution in [3.63, 3.8) is 0 Å². The van der Waals surface area contributed by atoms with Gasteiger partial charge in [-0.2, -0.15) is 0 Å². The lowest BCUT2D eigenvalue weighted by molar-refractivity contribution is 0.0697. The number of pyridine rings is 1. The third-order valence-corrected chi connectivity index (χ3v) is 3.41. The van der Waals surface area contributed by atoms with E-state index >= 15 is 0 Å². The Bertz CT molecular complexity index is 684. The second kappa shape index (κ2) is 6.14. The van der Waals surface area contributed by atoms with Crippen molar-refractivity contribution in [2.75, 3.05) is 5.32 Å². The smallest absolute Gasteiger partial charge is 0.335 e. The summed E-state index contributed by atoms with van der Waals surface area (Å²) in [5.74, 6) is -0.266. The van der Waals surface area contributed by atoms with Crippen molar-refractivity contribution < 1.29 is 9.90 Å². The second-order valence-corrected chi connectivity index (χ2v) is 5.58. The number of anilines is 2. The number of aromatic carboxylic acids is 1. The molecule has 0 unspecified atom stereocenters. The Balaban J connectivity index is 2.45. The van der Waals surface area contributed by atoms with E-state index in [2.05, 4.69) is 24.1 Å². The average Bonchev–Trinajstić information content (AvgIpc) is 2.40. The van der Waals surface area contributed by atoms with Crippen molar-refractivity contribution in [3.05, 3.63) is 52.2 Å². The summed E-state index contributed by atoms with van der Waals surface area (Å²) >= 11 is 5.89. The van der Waals surface area contributed by atoms with Crippen molar-refractivity contribution in [3.8, 4) is 0 Å². The minimum Gasteiger partial charge on any atom is -0.478 e. The number of hydrogen-bond donors (Lipinski definition) is 2. The number of aromatic nitrogens is 1. The molecule has 2 N–H and O–H groups in total. The maximum absolute atomic E-state index is 11.1. The molecule has 0 saturated carbocycles. The van der Waals surface area contributed by atoms with Crippen LogP contribution in [0.25, 0.3) is 0 Å². The predicted molar refractivity (Wildman–Crippen MR) is 84.8 cm³/mol. The lowest BCUT2D eigenvalue weighted by Gasteiger charge is -2.17. The Morgan fingerprint density at radius 2 is 2.05 bits per heavy atom. The van der Waals surface area contributed by atoms with Crippen molar-refractivity contribution in [2.24, 2.45) is 0 Å². The minimum atomic E-state index is -1.03. The highest BCUT2D eigenvalue weighted by Crippen LogP contribution is 2.30. The van der Waals surface area contributed by atoms with Gasteiger partial charge >= 0.3 is 5.97 Å². The molecule has 0 spiro atoms. The van der Waals surface area contributed by atoms with Crippen LogP contribution in [0.3, 0.4) is 0 Å². The van der Waals surface area contributed by atoms with Gasteiger partial charge in [-0.05, 0) is 36.1 Å². The molecule has 2 rings (SSSR count). The highest BCUT2D eigenvalue weighted by atomic mass is 35.5. The van der Waals surface area contributed by atoms with E-state index in [-0.39, 0.29) is 10.7 Å². The molecule has 0 fully saturated rings. The lowest BCUT2D eigenvalue weighted by Crippen LogP contribution is -2.04. The van der Waals surface area contributed by atoms with E-state index in [0.717, 1.165) is 16.8 Å². The molecule has 0 amide bonds. The van der Waals surface area contributed by atoms with Crippen molar-refractivity contribution in [2.45, 2.75) is 26.7 Å². The molecule has 0 saturated heterocycles. The molecule has 1 heterocycles. The number of halogens is 1. The lowest BCUT2D eigenvalue weighted by atomic mass is 9.98. The predicted octanol–water partition coefficient (Wildman–Crippen LogP) is 4.61. The standard InChI is InChI=1S/C16H17ClN2O2/c1-9(2)12-6-4-5-10(3)15(12)19-14-8-11(16(20)21)7-13(17)18-14/h4-9H,1-3H3,(H,18,19)(H,20,21). The Kier molecular flexibility index (Phi) is 4.48. The molecule has 0 bridgehead atoms.